The Kier molecular flexibility index (Phi) is 6.70. The minimum Gasteiger partial charge on any atom is -0.465 e. The first-order valence-corrected chi connectivity index (χ1v) is 10.3. The summed E-state index contributed by atoms with van der Waals surface area (Å²) in [5.41, 5.74) is 4.36. The van der Waals surface area contributed by atoms with Gasteiger partial charge in [-0.1, -0.05) is 36.4 Å². The molecule has 0 fully saturated rings. The van der Waals surface area contributed by atoms with Crippen molar-refractivity contribution in [1.29, 1.82) is 0 Å². The summed E-state index contributed by atoms with van der Waals surface area (Å²) in [6, 6.07) is 20.4. The smallest absolute Gasteiger partial charge is 0.337 e. The molecule has 0 radical (unpaired) electrons. The Bertz CT molecular complexity index is 1280. The Balaban J connectivity index is 1.56. The number of esters is 1. The number of benzene rings is 2. The second-order valence-corrected chi connectivity index (χ2v) is 7.25. The molecule has 33 heavy (non-hydrogen) atoms. The maximum atomic E-state index is 12.5. The van der Waals surface area contributed by atoms with Crippen LogP contribution in [0.2, 0.25) is 0 Å². The topological polar surface area (TPSA) is 86.1 Å². The second kappa shape index (κ2) is 10.2. The molecule has 2 aromatic heterocycles. The SMILES string of the molecule is COC(=O)c1cccc(NC(=O)/C=C/c2cn(Cc3ccccc3)nc2-c2cccnc2)c1. The van der Waals surface area contributed by atoms with Gasteiger partial charge >= 0.3 is 5.97 Å². The van der Waals surface area contributed by atoms with E-state index in [-0.39, 0.29) is 5.91 Å². The van der Waals surface area contributed by atoms with Crippen LogP contribution >= 0.6 is 0 Å². The van der Waals surface area contributed by atoms with Crippen molar-refractivity contribution in [3.05, 3.63) is 108 Å². The van der Waals surface area contributed by atoms with E-state index in [0.29, 0.717) is 17.8 Å². The Morgan fingerprint density at radius 3 is 2.67 bits per heavy atom. The Labute approximate surface area is 191 Å². The molecule has 0 atom stereocenters. The van der Waals surface area contributed by atoms with E-state index in [2.05, 4.69) is 10.3 Å². The zero-order valence-corrected chi connectivity index (χ0v) is 18.0. The van der Waals surface area contributed by atoms with Gasteiger partial charge in [-0.15, -0.1) is 0 Å². The number of carbonyl (C=O) groups is 2. The fourth-order valence-corrected chi connectivity index (χ4v) is 3.33. The van der Waals surface area contributed by atoms with Crippen molar-refractivity contribution in [2.75, 3.05) is 12.4 Å². The lowest BCUT2D eigenvalue weighted by Gasteiger charge is -2.04. The van der Waals surface area contributed by atoms with Gasteiger partial charge in [-0.05, 0) is 42.0 Å². The predicted octanol–water partition coefficient (Wildman–Crippen LogP) is 4.43. The zero-order valence-electron chi connectivity index (χ0n) is 18.0. The number of hydrogen-bond acceptors (Lipinski definition) is 5. The van der Waals surface area contributed by atoms with Gasteiger partial charge in [0.15, 0.2) is 0 Å². The number of amides is 1. The van der Waals surface area contributed by atoms with Gasteiger partial charge in [0.1, 0.15) is 5.69 Å². The van der Waals surface area contributed by atoms with Gasteiger partial charge in [0.2, 0.25) is 5.91 Å². The van der Waals surface area contributed by atoms with Crippen LogP contribution in [0.25, 0.3) is 17.3 Å². The molecule has 7 nitrogen and oxygen atoms in total. The summed E-state index contributed by atoms with van der Waals surface area (Å²) in [6.07, 6.45) is 8.50. The molecule has 0 aliphatic rings. The average Bonchev–Trinajstić information content (AvgIpc) is 3.26. The van der Waals surface area contributed by atoms with Crippen LogP contribution in [0, 0.1) is 0 Å². The molecule has 0 bridgehead atoms. The van der Waals surface area contributed by atoms with Crippen molar-refractivity contribution >= 4 is 23.6 Å². The number of nitrogens with one attached hydrogen (secondary N) is 1. The summed E-state index contributed by atoms with van der Waals surface area (Å²) in [5, 5.41) is 7.48. The summed E-state index contributed by atoms with van der Waals surface area (Å²) in [6.45, 7) is 0.606. The standard InChI is InChI=1S/C26H22N4O3/c1-33-26(32)20-9-5-11-23(15-20)28-24(31)13-12-22-18-30(17-19-7-3-2-4-8-19)29-25(22)21-10-6-14-27-16-21/h2-16,18H,17H2,1H3,(H,28,31)/b13-12+. The number of aromatic nitrogens is 3. The predicted molar refractivity (Wildman–Crippen MR) is 126 cm³/mol. The van der Waals surface area contributed by atoms with Gasteiger partial charge in [-0.2, -0.15) is 5.10 Å². The maximum Gasteiger partial charge on any atom is 0.337 e. The van der Waals surface area contributed by atoms with Crippen LogP contribution in [0.15, 0.2) is 91.4 Å². The first kappa shape index (κ1) is 21.7. The summed E-state index contributed by atoms with van der Waals surface area (Å²) in [5.74, 6) is -0.793. The third-order valence-electron chi connectivity index (χ3n) is 4.88. The molecule has 1 N–H and O–H groups in total. The second-order valence-electron chi connectivity index (χ2n) is 7.25. The molecule has 0 saturated carbocycles. The molecular formula is C26H22N4O3. The number of pyridine rings is 1. The molecule has 2 aromatic carbocycles. The van der Waals surface area contributed by atoms with Crippen molar-refractivity contribution < 1.29 is 14.3 Å². The number of hydrogen-bond donors (Lipinski definition) is 1. The normalized spacial score (nSPS) is 10.8. The lowest BCUT2D eigenvalue weighted by Crippen LogP contribution is -2.09. The van der Waals surface area contributed by atoms with Crippen LogP contribution in [0.4, 0.5) is 5.69 Å². The Morgan fingerprint density at radius 1 is 1.06 bits per heavy atom. The first-order valence-electron chi connectivity index (χ1n) is 10.3. The molecule has 4 rings (SSSR count). The summed E-state index contributed by atoms with van der Waals surface area (Å²) < 4.78 is 6.56. The fourth-order valence-electron chi connectivity index (χ4n) is 3.33. The van der Waals surface area contributed by atoms with Crippen molar-refractivity contribution in [1.82, 2.24) is 14.8 Å². The zero-order chi connectivity index (χ0) is 23.0. The number of ether oxygens (including phenoxy) is 1. The van der Waals surface area contributed by atoms with Crippen LogP contribution in [0.3, 0.4) is 0 Å². The number of anilines is 1. The summed E-state index contributed by atoms with van der Waals surface area (Å²) in [4.78, 5) is 28.4. The molecular weight excluding hydrogens is 416 g/mol. The monoisotopic (exact) mass is 438 g/mol. The van der Waals surface area contributed by atoms with Crippen molar-refractivity contribution in [3.63, 3.8) is 0 Å². The molecule has 2 heterocycles. The summed E-state index contributed by atoms with van der Waals surface area (Å²) in [7, 11) is 1.31. The van der Waals surface area contributed by atoms with Gasteiger partial charge in [0.25, 0.3) is 0 Å². The molecule has 1 amide bonds. The van der Waals surface area contributed by atoms with E-state index >= 15 is 0 Å². The van der Waals surface area contributed by atoms with E-state index in [1.807, 2.05) is 53.3 Å². The number of rotatable bonds is 7. The molecule has 164 valence electrons. The maximum absolute atomic E-state index is 12.5. The highest BCUT2D eigenvalue weighted by Crippen LogP contribution is 2.23. The quantitative estimate of drug-likeness (QED) is 0.341. The number of carbonyl (C=O) groups excluding carboxylic acids is 2. The highest BCUT2D eigenvalue weighted by Gasteiger charge is 2.11. The first-order chi connectivity index (χ1) is 16.1. The highest BCUT2D eigenvalue weighted by atomic mass is 16.5. The van der Waals surface area contributed by atoms with E-state index < -0.39 is 5.97 Å². The molecule has 0 aliphatic heterocycles. The van der Waals surface area contributed by atoms with Crippen LogP contribution in [0.5, 0.6) is 0 Å². The minimum atomic E-state index is -0.464. The van der Waals surface area contributed by atoms with E-state index in [4.69, 9.17) is 9.84 Å². The number of methoxy groups -OCH3 is 1. The molecule has 4 aromatic rings. The molecule has 0 aliphatic carbocycles. The Hall–Kier alpha value is -4.52. The van der Waals surface area contributed by atoms with E-state index in [9.17, 15) is 9.59 Å². The van der Waals surface area contributed by atoms with Crippen LogP contribution in [-0.4, -0.2) is 33.8 Å². The fraction of sp³-hybridized carbons (Fsp3) is 0.0769. The molecule has 0 unspecified atom stereocenters. The minimum absolute atomic E-state index is 0.329. The highest BCUT2D eigenvalue weighted by molar-refractivity contribution is 6.03. The van der Waals surface area contributed by atoms with E-state index in [1.54, 1.807) is 42.7 Å². The van der Waals surface area contributed by atoms with Crippen molar-refractivity contribution in [3.8, 4) is 11.3 Å². The van der Waals surface area contributed by atoms with Gasteiger partial charge in [0, 0.05) is 41.5 Å². The molecule has 0 saturated heterocycles. The van der Waals surface area contributed by atoms with Gasteiger partial charge in [-0.25, -0.2) is 4.79 Å². The van der Waals surface area contributed by atoms with Crippen molar-refractivity contribution in [2.45, 2.75) is 6.54 Å². The third kappa shape index (κ3) is 5.59. The average molecular weight is 438 g/mol. The number of nitrogens with zero attached hydrogens (tertiary/aromatic N) is 3. The van der Waals surface area contributed by atoms with Gasteiger partial charge in [0.05, 0.1) is 19.2 Å². The lowest BCUT2D eigenvalue weighted by molar-refractivity contribution is -0.111. The molecule has 0 spiro atoms. The van der Waals surface area contributed by atoms with Crippen LogP contribution in [0.1, 0.15) is 21.5 Å². The van der Waals surface area contributed by atoms with Gasteiger partial charge in [-0.3, -0.25) is 14.5 Å². The van der Waals surface area contributed by atoms with Gasteiger partial charge < -0.3 is 10.1 Å². The Morgan fingerprint density at radius 2 is 1.91 bits per heavy atom. The summed E-state index contributed by atoms with van der Waals surface area (Å²) >= 11 is 0. The lowest BCUT2D eigenvalue weighted by atomic mass is 10.1. The van der Waals surface area contributed by atoms with Crippen LogP contribution < -0.4 is 5.32 Å². The third-order valence-corrected chi connectivity index (χ3v) is 4.88. The van der Waals surface area contributed by atoms with E-state index in [0.717, 1.165) is 22.4 Å². The van der Waals surface area contributed by atoms with E-state index in [1.165, 1.54) is 13.2 Å². The van der Waals surface area contributed by atoms with Crippen molar-refractivity contribution in [2.24, 2.45) is 0 Å². The largest absolute Gasteiger partial charge is 0.465 e. The van der Waals surface area contributed by atoms with Crippen LogP contribution in [-0.2, 0) is 16.1 Å². The molecule has 7 heteroatoms.